The topological polar surface area (TPSA) is 140 Å². The Hall–Kier alpha value is -2.94. The van der Waals surface area contributed by atoms with Crippen LogP contribution in [0.25, 0.3) is 0 Å². The Labute approximate surface area is 216 Å². The molecule has 0 spiro atoms. The molecule has 0 fully saturated rings. The number of esters is 1. The van der Waals surface area contributed by atoms with Crippen LogP contribution in [0.4, 0.5) is 4.79 Å². The van der Waals surface area contributed by atoms with E-state index in [1.165, 1.54) is 0 Å². The van der Waals surface area contributed by atoms with Crippen LogP contribution in [0.5, 0.6) is 0 Å². The quantitative estimate of drug-likeness (QED) is 0.225. The van der Waals surface area contributed by atoms with Gasteiger partial charge in [-0.05, 0) is 50.7 Å². The molecule has 0 aromatic heterocycles. The van der Waals surface area contributed by atoms with E-state index in [1.54, 1.807) is 13.8 Å². The molecular formula is C27H46N4O5. The van der Waals surface area contributed by atoms with Crippen molar-refractivity contribution in [3.8, 4) is 0 Å². The van der Waals surface area contributed by atoms with Gasteiger partial charge < -0.3 is 26.4 Å². The highest BCUT2D eigenvalue weighted by Gasteiger charge is 2.30. The first-order valence-electron chi connectivity index (χ1n) is 12.6. The van der Waals surface area contributed by atoms with Crippen LogP contribution in [-0.2, 0) is 32.1 Å². The van der Waals surface area contributed by atoms with E-state index in [2.05, 4.69) is 16.0 Å². The number of nitrogens with one attached hydrogen (secondary N) is 3. The molecular weight excluding hydrogens is 460 g/mol. The summed E-state index contributed by atoms with van der Waals surface area (Å²) in [5.74, 6) is -0.794. The molecule has 0 saturated carbocycles. The number of ketones is 1. The van der Waals surface area contributed by atoms with Gasteiger partial charge in [0.2, 0.25) is 5.91 Å². The largest absolute Gasteiger partial charge is 0.461 e. The number of hydrogen-bond donors (Lipinski definition) is 4. The Morgan fingerprint density at radius 2 is 1.58 bits per heavy atom. The number of rotatable bonds is 14. The molecule has 0 bridgehead atoms. The third-order valence-corrected chi connectivity index (χ3v) is 5.47. The smallest absolute Gasteiger partial charge is 0.312 e. The molecule has 0 aliphatic carbocycles. The summed E-state index contributed by atoms with van der Waals surface area (Å²) in [4.78, 5) is 49.0. The van der Waals surface area contributed by atoms with Crippen molar-refractivity contribution >= 4 is 23.7 Å². The second kappa shape index (κ2) is 14.6. The van der Waals surface area contributed by atoms with E-state index in [4.69, 9.17) is 10.5 Å². The van der Waals surface area contributed by atoms with Gasteiger partial charge >= 0.3 is 12.0 Å². The van der Waals surface area contributed by atoms with Crippen LogP contribution >= 0.6 is 0 Å². The van der Waals surface area contributed by atoms with Crippen molar-refractivity contribution in [2.45, 2.75) is 92.0 Å². The number of primary amides is 1. The van der Waals surface area contributed by atoms with E-state index in [9.17, 15) is 19.2 Å². The lowest BCUT2D eigenvalue weighted by atomic mass is 9.96. The minimum Gasteiger partial charge on any atom is -0.461 e. The van der Waals surface area contributed by atoms with Crippen LogP contribution in [-0.4, -0.2) is 47.9 Å². The molecule has 36 heavy (non-hydrogen) atoms. The van der Waals surface area contributed by atoms with E-state index in [1.807, 2.05) is 58.9 Å². The number of carbonyl (C=O) groups is 4. The van der Waals surface area contributed by atoms with Crippen LogP contribution < -0.4 is 21.7 Å². The van der Waals surface area contributed by atoms with Crippen LogP contribution in [0.15, 0.2) is 24.3 Å². The fraction of sp³-hybridized carbons (Fsp3) is 0.630. The first-order valence-corrected chi connectivity index (χ1v) is 12.6. The Bertz CT molecular complexity index is 882. The Kier molecular flexibility index (Phi) is 12.6. The summed E-state index contributed by atoms with van der Waals surface area (Å²) >= 11 is 0. The Balaban J connectivity index is 0.0000130. The van der Waals surface area contributed by atoms with E-state index in [-0.39, 0.29) is 49.5 Å². The third kappa shape index (κ3) is 12.2. The predicted molar refractivity (Wildman–Crippen MR) is 142 cm³/mol. The third-order valence-electron chi connectivity index (χ3n) is 5.47. The highest BCUT2D eigenvalue weighted by Crippen LogP contribution is 2.13. The zero-order valence-electron chi connectivity index (χ0n) is 22.8. The molecule has 0 radical (unpaired) electrons. The number of Topliss-reactive ketones (excluding diaryl/α,β-unsaturated/α-hetero) is 1. The zero-order valence-corrected chi connectivity index (χ0v) is 22.8. The average Bonchev–Trinajstić information content (AvgIpc) is 2.77. The van der Waals surface area contributed by atoms with E-state index in [0.717, 1.165) is 11.1 Å². The zero-order chi connectivity index (χ0) is 27.5. The molecule has 1 aromatic rings. The molecule has 5 N–H and O–H groups in total. The molecule has 0 heterocycles. The normalized spacial score (nSPS) is 13.2. The minimum absolute atomic E-state index is 0. The average molecular weight is 508 g/mol. The molecule has 204 valence electrons. The van der Waals surface area contributed by atoms with Gasteiger partial charge in [-0.25, -0.2) is 4.79 Å². The second-order valence-electron chi connectivity index (χ2n) is 10.8. The molecule has 9 nitrogen and oxygen atoms in total. The van der Waals surface area contributed by atoms with Crippen LogP contribution in [0.3, 0.4) is 0 Å². The van der Waals surface area contributed by atoms with Crippen molar-refractivity contribution in [3.63, 3.8) is 0 Å². The van der Waals surface area contributed by atoms with Crippen LogP contribution in [0, 0.1) is 11.8 Å². The molecule has 0 unspecified atom stereocenters. The first-order chi connectivity index (χ1) is 16.7. The lowest BCUT2D eigenvalue weighted by molar-refractivity contribution is -0.148. The van der Waals surface area contributed by atoms with Gasteiger partial charge in [0.1, 0.15) is 6.61 Å². The summed E-state index contributed by atoms with van der Waals surface area (Å²) in [5.41, 5.74) is 6.47. The fourth-order valence-electron chi connectivity index (χ4n) is 3.49. The number of hydrogen-bond acceptors (Lipinski definition) is 6. The van der Waals surface area contributed by atoms with Gasteiger partial charge in [0.15, 0.2) is 5.78 Å². The molecule has 0 aliphatic heterocycles. The number of ether oxygens (including phenoxy) is 1. The number of benzene rings is 1. The Morgan fingerprint density at radius 3 is 2.08 bits per heavy atom. The van der Waals surface area contributed by atoms with Crippen LogP contribution in [0.1, 0.15) is 73.9 Å². The maximum Gasteiger partial charge on any atom is 0.312 e. The lowest BCUT2D eigenvalue weighted by Crippen LogP contribution is -2.56. The van der Waals surface area contributed by atoms with Crippen molar-refractivity contribution in [1.29, 1.82) is 0 Å². The molecule has 1 aromatic carbocycles. The van der Waals surface area contributed by atoms with Crippen LogP contribution in [0.2, 0.25) is 0 Å². The van der Waals surface area contributed by atoms with Crippen molar-refractivity contribution in [1.82, 2.24) is 16.0 Å². The van der Waals surface area contributed by atoms with Gasteiger partial charge in [-0.2, -0.15) is 0 Å². The van der Waals surface area contributed by atoms with E-state index < -0.39 is 18.1 Å². The van der Waals surface area contributed by atoms with Crippen molar-refractivity contribution in [2.75, 3.05) is 6.54 Å². The molecule has 9 heteroatoms. The monoisotopic (exact) mass is 507 g/mol. The molecule has 0 saturated heterocycles. The number of urea groups is 1. The lowest BCUT2D eigenvalue weighted by Gasteiger charge is -2.31. The second-order valence-corrected chi connectivity index (χ2v) is 10.8. The summed E-state index contributed by atoms with van der Waals surface area (Å²) in [5, 5.41) is 8.78. The fourth-order valence-corrected chi connectivity index (χ4v) is 3.49. The van der Waals surface area contributed by atoms with Gasteiger partial charge in [-0.3, -0.25) is 14.4 Å². The summed E-state index contributed by atoms with van der Waals surface area (Å²) in [7, 11) is 0. The van der Waals surface area contributed by atoms with Gasteiger partial charge in [-0.15, -0.1) is 0 Å². The summed E-state index contributed by atoms with van der Waals surface area (Å²) in [6.07, 6.45) is 0.993. The Morgan fingerprint density at radius 1 is 1.00 bits per heavy atom. The standard InChI is InChI=1S/C27H44N4O5.H2/c1-17(2)23(31-27(5,6)7)24(33)30-21(9-8-14-29-26(28)35)22(32)15-19-10-12-20(13-11-19)16-36-25(34)18(3)4;/h10-13,17-18,21,23,31H,8-9,14-16H2,1-7H3,(H,30,33)(H3,28,29,35);1H/t21-,23-;/m0./s1/i;1+1. The van der Waals surface area contributed by atoms with Gasteiger partial charge in [0.25, 0.3) is 0 Å². The van der Waals surface area contributed by atoms with Gasteiger partial charge in [0, 0.05) is 19.9 Å². The highest BCUT2D eigenvalue weighted by molar-refractivity contribution is 5.92. The van der Waals surface area contributed by atoms with Crippen molar-refractivity contribution < 1.29 is 25.3 Å². The summed E-state index contributed by atoms with van der Waals surface area (Å²) in [6.45, 7) is 13.9. The first kappa shape index (κ1) is 31.1. The maximum atomic E-state index is 13.2. The van der Waals surface area contributed by atoms with Gasteiger partial charge in [-0.1, -0.05) is 52.0 Å². The minimum atomic E-state index is -0.707. The molecule has 3 amide bonds. The summed E-state index contributed by atoms with van der Waals surface area (Å²) in [6, 6.07) is 5.49. The molecule has 2 atom stereocenters. The number of nitrogens with two attached hydrogens (primary N) is 1. The van der Waals surface area contributed by atoms with Gasteiger partial charge in [0.05, 0.1) is 18.0 Å². The molecule has 1 rings (SSSR count). The van der Waals surface area contributed by atoms with E-state index in [0.29, 0.717) is 19.4 Å². The summed E-state index contributed by atoms with van der Waals surface area (Å²) < 4.78 is 5.24. The van der Waals surface area contributed by atoms with Crippen molar-refractivity contribution in [2.24, 2.45) is 17.6 Å². The number of amides is 3. The van der Waals surface area contributed by atoms with E-state index >= 15 is 0 Å². The predicted octanol–water partition coefficient (Wildman–Crippen LogP) is 3.09. The molecule has 0 aliphatic rings. The SMILES string of the molecule is CC(C)C(=O)OCc1ccc(CC(=O)[C@H](CCCNC(N)=O)NC(=O)[C@@H](NC(C)(C)C)C(C)C)cc1.[2HH]. The van der Waals surface area contributed by atoms with Crippen molar-refractivity contribution in [3.05, 3.63) is 35.4 Å². The maximum absolute atomic E-state index is 13.2. The number of carbonyl (C=O) groups excluding carboxylic acids is 4. The highest BCUT2D eigenvalue weighted by atomic mass is 16.5.